The third-order valence-electron chi connectivity index (χ3n) is 4.27. The number of nitrogens with zero attached hydrogens (tertiary/aromatic N) is 3. The Labute approximate surface area is 149 Å². The van der Waals surface area contributed by atoms with Gasteiger partial charge >= 0.3 is 5.97 Å². The van der Waals surface area contributed by atoms with Crippen molar-refractivity contribution in [1.82, 2.24) is 9.78 Å². The summed E-state index contributed by atoms with van der Waals surface area (Å²) in [6.45, 7) is 5.24. The van der Waals surface area contributed by atoms with Crippen LogP contribution in [0, 0.1) is 5.82 Å². The number of rotatable bonds is 5. The average Bonchev–Trinajstić information content (AvgIpc) is 2.64. The van der Waals surface area contributed by atoms with Crippen LogP contribution in [0.3, 0.4) is 0 Å². The molecule has 0 unspecified atom stereocenters. The molecule has 0 aliphatic heterocycles. The Morgan fingerprint density at radius 3 is 2.38 bits per heavy atom. The minimum atomic E-state index is -1.40. The number of anilines is 1. The zero-order chi connectivity index (χ0) is 18.8. The number of benzene rings is 2. The van der Waals surface area contributed by atoms with E-state index >= 15 is 0 Å². The maximum atomic E-state index is 13.3. The molecule has 0 amide bonds. The molecule has 3 aromatic rings. The number of hydrogen-bond acceptors (Lipinski definition) is 4. The van der Waals surface area contributed by atoms with Gasteiger partial charge in [0.1, 0.15) is 5.82 Å². The first-order chi connectivity index (χ1) is 12.5. The molecule has 3 rings (SSSR count). The number of fused-ring (bicyclic) bond motifs is 1. The lowest BCUT2D eigenvalue weighted by Crippen LogP contribution is -2.27. The van der Waals surface area contributed by atoms with Crippen LogP contribution in [0.5, 0.6) is 0 Å². The lowest BCUT2D eigenvalue weighted by molar-refractivity contribution is 0.0687. The third kappa shape index (κ3) is 2.92. The standard InChI is InChI=1S/C19H18FN3O3/c1-3-22(4-2)14-6-5-7-15-16(14)18(24)17(19(25)26)21-23(15)13-10-8-12(20)9-11-13/h5-11H,3-4H2,1-2H3,(H,25,26). The highest BCUT2D eigenvalue weighted by atomic mass is 19.1. The molecule has 0 saturated heterocycles. The van der Waals surface area contributed by atoms with E-state index in [2.05, 4.69) is 5.10 Å². The van der Waals surface area contributed by atoms with Gasteiger partial charge in [-0.05, 0) is 50.2 Å². The van der Waals surface area contributed by atoms with Gasteiger partial charge in [0, 0.05) is 13.1 Å². The summed E-state index contributed by atoms with van der Waals surface area (Å²) in [5.41, 5.74) is 0.389. The van der Waals surface area contributed by atoms with Gasteiger partial charge in [-0.15, -0.1) is 0 Å². The highest BCUT2D eigenvalue weighted by molar-refractivity contribution is 5.97. The fourth-order valence-corrected chi connectivity index (χ4v) is 3.00. The van der Waals surface area contributed by atoms with Crippen LogP contribution in [0.2, 0.25) is 0 Å². The van der Waals surface area contributed by atoms with Crippen LogP contribution in [-0.2, 0) is 0 Å². The van der Waals surface area contributed by atoms with Crippen molar-refractivity contribution in [3.05, 3.63) is 64.2 Å². The molecule has 1 aromatic heterocycles. The van der Waals surface area contributed by atoms with E-state index in [-0.39, 0.29) is 5.39 Å². The monoisotopic (exact) mass is 355 g/mol. The van der Waals surface area contributed by atoms with E-state index in [1.807, 2.05) is 18.7 Å². The molecule has 1 N–H and O–H groups in total. The summed E-state index contributed by atoms with van der Waals surface area (Å²) in [5, 5.41) is 13.7. The van der Waals surface area contributed by atoms with Gasteiger partial charge in [-0.1, -0.05) is 6.07 Å². The number of carbonyl (C=O) groups is 1. The maximum absolute atomic E-state index is 13.3. The van der Waals surface area contributed by atoms with E-state index in [0.29, 0.717) is 30.0 Å². The molecule has 2 aromatic carbocycles. The Morgan fingerprint density at radius 1 is 1.15 bits per heavy atom. The van der Waals surface area contributed by atoms with E-state index in [1.54, 1.807) is 18.2 Å². The van der Waals surface area contributed by atoms with Gasteiger partial charge in [-0.25, -0.2) is 13.9 Å². The lowest BCUT2D eigenvalue weighted by Gasteiger charge is -2.23. The first kappa shape index (κ1) is 17.6. The Bertz CT molecular complexity index is 1020. The molecule has 0 atom stereocenters. The highest BCUT2D eigenvalue weighted by Crippen LogP contribution is 2.25. The smallest absolute Gasteiger partial charge is 0.360 e. The van der Waals surface area contributed by atoms with Crippen LogP contribution >= 0.6 is 0 Å². The summed E-state index contributed by atoms with van der Waals surface area (Å²) in [4.78, 5) is 26.4. The van der Waals surface area contributed by atoms with Crippen LogP contribution in [0.1, 0.15) is 24.3 Å². The summed E-state index contributed by atoms with van der Waals surface area (Å²) in [7, 11) is 0. The Morgan fingerprint density at radius 2 is 1.81 bits per heavy atom. The van der Waals surface area contributed by atoms with Gasteiger partial charge in [0.25, 0.3) is 0 Å². The quantitative estimate of drug-likeness (QED) is 0.761. The Kier molecular flexibility index (Phi) is 4.71. The fraction of sp³-hybridized carbons (Fsp3) is 0.211. The number of aromatic carboxylic acids is 1. The van der Waals surface area contributed by atoms with Crippen LogP contribution in [0.25, 0.3) is 16.6 Å². The third-order valence-corrected chi connectivity index (χ3v) is 4.27. The summed E-state index contributed by atoms with van der Waals surface area (Å²) in [5.74, 6) is -1.82. The molecule has 7 heteroatoms. The number of aromatic nitrogens is 2. The molecule has 0 radical (unpaired) electrons. The second kappa shape index (κ2) is 6.95. The molecule has 26 heavy (non-hydrogen) atoms. The van der Waals surface area contributed by atoms with Crippen molar-refractivity contribution >= 4 is 22.6 Å². The van der Waals surface area contributed by atoms with Crippen LogP contribution in [-0.4, -0.2) is 33.9 Å². The van der Waals surface area contributed by atoms with E-state index in [4.69, 9.17) is 0 Å². The molecule has 0 saturated carbocycles. The van der Waals surface area contributed by atoms with Gasteiger partial charge < -0.3 is 10.0 Å². The highest BCUT2D eigenvalue weighted by Gasteiger charge is 2.21. The number of carboxylic acids is 1. The normalized spacial score (nSPS) is 10.9. The number of halogens is 1. The van der Waals surface area contributed by atoms with Crippen molar-refractivity contribution in [2.24, 2.45) is 0 Å². The lowest BCUT2D eigenvalue weighted by atomic mass is 10.1. The minimum absolute atomic E-state index is 0.285. The van der Waals surface area contributed by atoms with Crippen molar-refractivity contribution in [1.29, 1.82) is 0 Å². The van der Waals surface area contributed by atoms with Crippen molar-refractivity contribution in [2.75, 3.05) is 18.0 Å². The molecule has 0 aliphatic rings. The summed E-state index contributed by atoms with van der Waals surface area (Å²) in [6, 6.07) is 10.8. The van der Waals surface area contributed by atoms with Crippen molar-refractivity contribution in [2.45, 2.75) is 13.8 Å². The number of carboxylic acid groups (broad SMARTS) is 1. The second-order valence-electron chi connectivity index (χ2n) is 5.71. The summed E-state index contributed by atoms with van der Waals surface area (Å²) >= 11 is 0. The largest absolute Gasteiger partial charge is 0.476 e. The van der Waals surface area contributed by atoms with Crippen LogP contribution < -0.4 is 10.3 Å². The van der Waals surface area contributed by atoms with Crippen molar-refractivity contribution in [3.8, 4) is 5.69 Å². The molecule has 1 heterocycles. The zero-order valence-electron chi connectivity index (χ0n) is 14.4. The van der Waals surface area contributed by atoms with Crippen molar-refractivity contribution < 1.29 is 14.3 Å². The molecular weight excluding hydrogens is 337 g/mol. The summed E-state index contributed by atoms with van der Waals surface area (Å²) < 4.78 is 14.6. The van der Waals surface area contributed by atoms with Gasteiger partial charge in [-0.2, -0.15) is 5.10 Å². The maximum Gasteiger partial charge on any atom is 0.360 e. The molecule has 0 spiro atoms. The molecule has 0 fully saturated rings. The molecule has 6 nitrogen and oxygen atoms in total. The van der Waals surface area contributed by atoms with Gasteiger partial charge in [0.2, 0.25) is 11.1 Å². The van der Waals surface area contributed by atoms with Gasteiger partial charge in [0.15, 0.2) is 0 Å². The second-order valence-corrected chi connectivity index (χ2v) is 5.71. The first-order valence-corrected chi connectivity index (χ1v) is 8.28. The SMILES string of the molecule is CCN(CC)c1cccc2c1c(=O)c(C(=O)O)nn2-c1ccc(F)cc1. The minimum Gasteiger partial charge on any atom is -0.476 e. The van der Waals surface area contributed by atoms with Gasteiger partial charge in [0.05, 0.1) is 22.3 Å². The zero-order valence-corrected chi connectivity index (χ0v) is 14.4. The van der Waals surface area contributed by atoms with Crippen molar-refractivity contribution in [3.63, 3.8) is 0 Å². The average molecular weight is 355 g/mol. The van der Waals surface area contributed by atoms with E-state index < -0.39 is 22.9 Å². The van der Waals surface area contributed by atoms with E-state index in [1.165, 1.54) is 28.9 Å². The summed E-state index contributed by atoms with van der Waals surface area (Å²) in [6.07, 6.45) is 0. The van der Waals surface area contributed by atoms with Crippen LogP contribution in [0.4, 0.5) is 10.1 Å². The Hall–Kier alpha value is -3.22. The van der Waals surface area contributed by atoms with Crippen LogP contribution in [0.15, 0.2) is 47.3 Å². The molecule has 134 valence electrons. The van der Waals surface area contributed by atoms with E-state index in [9.17, 15) is 19.1 Å². The topological polar surface area (TPSA) is 75.4 Å². The molecule has 0 aliphatic carbocycles. The fourth-order valence-electron chi connectivity index (χ4n) is 3.00. The predicted molar refractivity (Wildman–Crippen MR) is 97.8 cm³/mol. The molecule has 0 bridgehead atoms. The Balaban J connectivity index is 2.44. The van der Waals surface area contributed by atoms with Gasteiger partial charge in [-0.3, -0.25) is 4.79 Å². The number of hydrogen-bond donors (Lipinski definition) is 1. The first-order valence-electron chi connectivity index (χ1n) is 8.28. The predicted octanol–water partition coefficient (Wildman–Crippen LogP) is 3.07. The van der Waals surface area contributed by atoms with E-state index in [0.717, 1.165) is 0 Å². The molecular formula is C19H18FN3O3.